The largest absolute Gasteiger partial charge is 0.492 e. The lowest BCUT2D eigenvalue weighted by Gasteiger charge is -2.17. The van der Waals surface area contributed by atoms with Crippen LogP contribution in [0.25, 0.3) is 0 Å². The van der Waals surface area contributed by atoms with Crippen molar-refractivity contribution in [2.45, 2.75) is 31.8 Å². The second kappa shape index (κ2) is 7.99. The van der Waals surface area contributed by atoms with E-state index >= 15 is 0 Å². The molecule has 0 spiro atoms. The molecule has 0 aliphatic carbocycles. The summed E-state index contributed by atoms with van der Waals surface area (Å²) >= 11 is 12.1. The number of nitrogens with zero attached hydrogens (tertiary/aromatic N) is 1. The van der Waals surface area contributed by atoms with E-state index in [1.807, 2.05) is 29.2 Å². The molecule has 0 aromatic heterocycles. The van der Waals surface area contributed by atoms with Gasteiger partial charge in [-0.1, -0.05) is 35.3 Å². The number of hydrogen-bond acceptors (Lipinski definition) is 3. The number of likely N-dealkylation sites (tertiary alicyclic amines) is 1. The summed E-state index contributed by atoms with van der Waals surface area (Å²) in [5.74, 6) is 1.86. The van der Waals surface area contributed by atoms with Crippen LogP contribution in [0, 0.1) is 0 Å². The predicted molar refractivity (Wildman–Crippen MR) is 106 cm³/mol. The molecule has 1 saturated heterocycles. The van der Waals surface area contributed by atoms with Crippen LogP contribution in [-0.2, 0) is 11.4 Å². The molecule has 1 atom stereocenters. The maximum atomic E-state index is 12.4. The van der Waals surface area contributed by atoms with E-state index in [2.05, 4.69) is 0 Å². The minimum atomic E-state index is 0.118. The molecule has 2 aromatic rings. The van der Waals surface area contributed by atoms with Gasteiger partial charge in [-0.2, -0.15) is 0 Å². The van der Waals surface area contributed by atoms with Crippen molar-refractivity contribution in [3.63, 3.8) is 0 Å². The Bertz CT molecular complexity index is 849. The number of carbonyl (C=O) groups is 1. The number of fused-ring (bicyclic) bond motifs is 1. The zero-order valence-corrected chi connectivity index (χ0v) is 16.4. The molecule has 142 valence electrons. The average molecular weight is 406 g/mol. The van der Waals surface area contributed by atoms with Gasteiger partial charge in [-0.3, -0.25) is 4.79 Å². The van der Waals surface area contributed by atoms with Crippen LogP contribution >= 0.6 is 23.2 Å². The van der Waals surface area contributed by atoms with Crippen LogP contribution in [0.1, 0.15) is 36.3 Å². The summed E-state index contributed by atoms with van der Waals surface area (Å²) < 4.78 is 11.7. The first-order valence-corrected chi connectivity index (χ1v) is 9.97. The highest BCUT2D eigenvalue weighted by Crippen LogP contribution is 2.39. The van der Waals surface area contributed by atoms with Gasteiger partial charge < -0.3 is 14.4 Å². The minimum Gasteiger partial charge on any atom is -0.492 e. The molecule has 2 aromatic carbocycles. The zero-order valence-electron chi connectivity index (χ0n) is 14.9. The average Bonchev–Trinajstić information content (AvgIpc) is 3.31. The van der Waals surface area contributed by atoms with Crippen LogP contribution in [0.5, 0.6) is 11.5 Å². The summed E-state index contributed by atoms with van der Waals surface area (Å²) in [6, 6.07) is 11.2. The monoisotopic (exact) mass is 405 g/mol. The third-order valence-corrected chi connectivity index (χ3v) is 5.74. The Balaban J connectivity index is 1.39. The predicted octanol–water partition coefficient (Wildman–Crippen LogP) is 5.06. The lowest BCUT2D eigenvalue weighted by molar-refractivity contribution is -0.130. The van der Waals surface area contributed by atoms with E-state index in [1.165, 1.54) is 0 Å². The standard InChI is InChI=1S/C21H21Cl2NO3/c22-16-4-3-14(19(23)10-16)12-26-17-5-6-18-15(13-27-20(18)11-17)9-21(25)24-7-1-2-8-24/h3-6,10-11,15H,1-2,7-9,12-13H2/t15-/m1/s1. The van der Waals surface area contributed by atoms with Crippen LogP contribution in [0.4, 0.5) is 0 Å². The number of rotatable bonds is 5. The van der Waals surface area contributed by atoms with Crippen molar-refractivity contribution in [2.24, 2.45) is 0 Å². The van der Waals surface area contributed by atoms with E-state index in [-0.39, 0.29) is 11.8 Å². The van der Waals surface area contributed by atoms with Crippen LogP contribution in [0.2, 0.25) is 10.0 Å². The molecule has 0 unspecified atom stereocenters. The molecule has 27 heavy (non-hydrogen) atoms. The minimum absolute atomic E-state index is 0.118. The summed E-state index contributed by atoms with van der Waals surface area (Å²) in [6.07, 6.45) is 2.73. The highest BCUT2D eigenvalue weighted by molar-refractivity contribution is 6.35. The van der Waals surface area contributed by atoms with Gasteiger partial charge in [-0.05, 0) is 31.0 Å². The molecule has 2 heterocycles. The SMILES string of the molecule is O=C(C[C@@H]1COc2cc(OCc3ccc(Cl)cc3Cl)ccc21)N1CCCC1. The van der Waals surface area contributed by atoms with Gasteiger partial charge >= 0.3 is 0 Å². The highest BCUT2D eigenvalue weighted by atomic mass is 35.5. The van der Waals surface area contributed by atoms with Gasteiger partial charge in [0.05, 0.1) is 6.61 Å². The fraction of sp³-hybridized carbons (Fsp3) is 0.381. The van der Waals surface area contributed by atoms with Gasteiger partial charge in [-0.25, -0.2) is 0 Å². The molecule has 1 fully saturated rings. The molecule has 2 aliphatic rings. The second-order valence-corrected chi connectivity index (χ2v) is 7.87. The van der Waals surface area contributed by atoms with Crippen molar-refractivity contribution in [2.75, 3.05) is 19.7 Å². The third kappa shape index (κ3) is 4.17. The summed E-state index contributed by atoms with van der Waals surface area (Å²) in [5, 5.41) is 1.18. The lowest BCUT2D eigenvalue weighted by Crippen LogP contribution is -2.29. The van der Waals surface area contributed by atoms with Crippen molar-refractivity contribution >= 4 is 29.1 Å². The van der Waals surface area contributed by atoms with Crippen molar-refractivity contribution in [3.05, 3.63) is 57.6 Å². The van der Waals surface area contributed by atoms with Gasteiger partial charge in [0.1, 0.15) is 18.1 Å². The first-order valence-electron chi connectivity index (χ1n) is 9.21. The lowest BCUT2D eigenvalue weighted by atomic mass is 9.97. The zero-order chi connectivity index (χ0) is 18.8. The maximum Gasteiger partial charge on any atom is 0.223 e. The van der Waals surface area contributed by atoms with Gasteiger partial charge in [0.2, 0.25) is 5.91 Å². The molecule has 0 saturated carbocycles. The molecular formula is C21H21Cl2NO3. The summed E-state index contributed by atoms with van der Waals surface area (Å²) in [4.78, 5) is 14.4. The Kier molecular flexibility index (Phi) is 5.46. The van der Waals surface area contributed by atoms with E-state index in [1.54, 1.807) is 12.1 Å². The smallest absolute Gasteiger partial charge is 0.223 e. The molecule has 4 nitrogen and oxygen atoms in total. The van der Waals surface area contributed by atoms with Crippen LogP contribution in [0.3, 0.4) is 0 Å². The normalized spacial score (nSPS) is 18.3. The highest BCUT2D eigenvalue weighted by Gasteiger charge is 2.29. The van der Waals surface area contributed by atoms with Crippen molar-refractivity contribution < 1.29 is 14.3 Å². The number of amides is 1. The fourth-order valence-electron chi connectivity index (χ4n) is 3.62. The first kappa shape index (κ1) is 18.5. The Morgan fingerprint density at radius 2 is 1.96 bits per heavy atom. The summed E-state index contributed by atoms with van der Waals surface area (Å²) in [5.41, 5.74) is 1.95. The summed E-state index contributed by atoms with van der Waals surface area (Å²) in [7, 11) is 0. The fourth-order valence-corrected chi connectivity index (χ4v) is 4.09. The summed E-state index contributed by atoms with van der Waals surface area (Å²) in [6.45, 7) is 2.67. The van der Waals surface area contributed by atoms with Crippen molar-refractivity contribution in [1.29, 1.82) is 0 Å². The molecule has 0 radical (unpaired) electrons. The van der Waals surface area contributed by atoms with E-state index in [0.717, 1.165) is 42.8 Å². The van der Waals surface area contributed by atoms with E-state index in [9.17, 15) is 4.79 Å². The molecule has 2 aliphatic heterocycles. The van der Waals surface area contributed by atoms with E-state index < -0.39 is 0 Å². The number of halogens is 2. The van der Waals surface area contributed by atoms with Crippen LogP contribution in [-0.4, -0.2) is 30.5 Å². The van der Waals surface area contributed by atoms with Gasteiger partial charge in [0.25, 0.3) is 0 Å². The number of benzene rings is 2. The molecule has 1 amide bonds. The third-order valence-electron chi connectivity index (χ3n) is 5.15. The van der Waals surface area contributed by atoms with Crippen molar-refractivity contribution in [1.82, 2.24) is 4.90 Å². The Labute approximate surface area is 169 Å². The van der Waals surface area contributed by atoms with Crippen LogP contribution < -0.4 is 9.47 Å². The molecule has 0 N–H and O–H groups in total. The van der Waals surface area contributed by atoms with E-state index in [4.69, 9.17) is 32.7 Å². The van der Waals surface area contributed by atoms with Crippen molar-refractivity contribution in [3.8, 4) is 11.5 Å². The van der Waals surface area contributed by atoms with Gasteiger partial charge in [0, 0.05) is 52.7 Å². The molecule has 4 rings (SSSR count). The quantitative estimate of drug-likeness (QED) is 0.697. The topological polar surface area (TPSA) is 38.8 Å². The number of hydrogen-bond donors (Lipinski definition) is 0. The maximum absolute atomic E-state index is 12.4. The molecular weight excluding hydrogens is 385 g/mol. The first-order chi connectivity index (χ1) is 13.1. The Morgan fingerprint density at radius 1 is 1.15 bits per heavy atom. The Morgan fingerprint density at radius 3 is 2.74 bits per heavy atom. The van der Waals surface area contributed by atoms with Gasteiger partial charge in [0.15, 0.2) is 0 Å². The Hall–Kier alpha value is -1.91. The van der Waals surface area contributed by atoms with E-state index in [0.29, 0.717) is 35.4 Å². The molecule has 0 bridgehead atoms. The second-order valence-electron chi connectivity index (χ2n) is 7.02. The van der Waals surface area contributed by atoms with Crippen LogP contribution in [0.15, 0.2) is 36.4 Å². The van der Waals surface area contributed by atoms with Gasteiger partial charge in [-0.15, -0.1) is 0 Å². The number of ether oxygens (including phenoxy) is 2. The number of carbonyl (C=O) groups excluding carboxylic acids is 1. The molecule has 6 heteroatoms.